The first kappa shape index (κ1) is 17.3. The zero-order valence-corrected chi connectivity index (χ0v) is 15.7. The Morgan fingerprint density at radius 2 is 2.00 bits per heavy atom. The molecule has 0 spiro atoms. The molecule has 2 heterocycles. The highest BCUT2D eigenvalue weighted by Crippen LogP contribution is 2.34. The number of carbonyl (C=O) groups excluding carboxylic acids is 1. The zero-order valence-electron chi connectivity index (χ0n) is 15.7. The lowest BCUT2D eigenvalue weighted by molar-refractivity contribution is 0.0980. The molecule has 27 heavy (non-hydrogen) atoms. The summed E-state index contributed by atoms with van der Waals surface area (Å²) in [5, 5.41) is 9.25. The maximum Gasteiger partial charge on any atom is 0.258 e. The minimum atomic E-state index is -0.0528. The molecule has 1 aromatic heterocycles. The fourth-order valence-corrected chi connectivity index (χ4v) is 3.60. The van der Waals surface area contributed by atoms with Crippen LogP contribution in [0.3, 0.4) is 0 Å². The summed E-state index contributed by atoms with van der Waals surface area (Å²) < 4.78 is 10.8. The van der Waals surface area contributed by atoms with Gasteiger partial charge in [0.15, 0.2) is 0 Å². The van der Waals surface area contributed by atoms with Crippen LogP contribution in [0.2, 0.25) is 0 Å². The van der Waals surface area contributed by atoms with E-state index in [0.29, 0.717) is 17.9 Å². The minimum Gasteiger partial charge on any atom is -0.497 e. The van der Waals surface area contributed by atoms with Crippen molar-refractivity contribution in [2.75, 3.05) is 25.7 Å². The molecule has 2 aromatic carbocycles. The van der Waals surface area contributed by atoms with Gasteiger partial charge in [-0.3, -0.25) is 4.79 Å². The largest absolute Gasteiger partial charge is 0.497 e. The highest BCUT2D eigenvalue weighted by Gasteiger charge is 2.27. The van der Waals surface area contributed by atoms with E-state index < -0.39 is 0 Å². The Hall–Kier alpha value is -3.15. The lowest BCUT2D eigenvalue weighted by atomic mass is 9.97. The smallest absolute Gasteiger partial charge is 0.258 e. The maximum absolute atomic E-state index is 13.2. The first-order chi connectivity index (χ1) is 13.2. The third kappa shape index (κ3) is 2.87. The van der Waals surface area contributed by atoms with Crippen LogP contribution in [0.15, 0.2) is 36.5 Å². The summed E-state index contributed by atoms with van der Waals surface area (Å²) in [6.07, 6.45) is 3.26. The second-order valence-corrected chi connectivity index (χ2v) is 6.49. The molecule has 1 aliphatic rings. The van der Waals surface area contributed by atoms with Crippen molar-refractivity contribution in [3.05, 3.63) is 53.2 Å². The number of anilines is 1. The van der Waals surface area contributed by atoms with Crippen LogP contribution in [0.1, 0.15) is 28.4 Å². The Morgan fingerprint density at radius 3 is 2.74 bits per heavy atom. The molecule has 6 heteroatoms. The quantitative estimate of drug-likeness (QED) is 0.711. The number of nitrogens with zero attached hydrogens (tertiary/aromatic N) is 3. The maximum atomic E-state index is 13.2. The van der Waals surface area contributed by atoms with Gasteiger partial charge in [0.2, 0.25) is 0 Å². The monoisotopic (exact) mass is 363 g/mol. The highest BCUT2D eigenvalue weighted by atomic mass is 16.5. The van der Waals surface area contributed by atoms with Crippen LogP contribution < -0.4 is 14.4 Å². The SMILES string of the molecule is CCc1cc2nncc(N3CCc4ccc(OC)cc4C3=O)c2cc1OC. The van der Waals surface area contributed by atoms with Crippen LogP contribution >= 0.6 is 0 Å². The molecule has 0 saturated carbocycles. The lowest BCUT2D eigenvalue weighted by Crippen LogP contribution is -2.37. The zero-order chi connectivity index (χ0) is 19.0. The fourth-order valence-electron chi connectivity index (χ4n) is 3.60. The fraction of sp³-hybridized carbons (Fsp3) is 0.286. The van der Waals surface area contributed by atoms with Crippen molar-refractivity contribution in [1.29, 1.82) is 0 Å². The number of hydrogen-bond acceptors (Lipinski definition) is 5. The first-order valence-corrected chi connectivity index (χ1v) is 8.97. The summed E-state index contributed by atoms with van der Waals surface area (Å²) >= 11 is 0. The number of rotatable bonds is 4. The van der Waals surface area contributed by atoms with Crippen LogP contribution in [0.4, 0.5) is 5.69 Å². The molecule has 6 nitrogen and oxygen atoms in total. The molecule has 0 bridgehead atoms. The van der Waals surface area contributed by atoms with Crippen LogP contribution in [0.25, 0.3) is 10.9 Å². The Balaban J connectivity index is 1.83. The average Bonchev–Trinajstić information content (AvgIpc) is 2.72. The van der Waals surface area contributed by atoms with Gasteiger partial charge in [0, 0.05) is 17.5 Å². The van der Waals surface area contributed by atoms with Gasteiger partial charge in [-0.15, -0.1) is 0 Å². The third-order valence-corrected chi connectivity index (χ3v) is 5.09. The molecule has 0 fully saturated rings. The van der Waals surface area contributed by atoms with Crippen molar-refractivity contribution in [3.63, 3.8) is 0 Å². The average molecular weight is 363 g/mol. The minimum absolute atomic E-state index is 0.0528. The number of aromatic nitrogens is 2. The standard InChI is InChI=1S/C21H21N3O3/c1-4-13-9-18-17(11-20(13)27-3)19(12-22-23-18)24-8-7-14-5-6-15(26-2)10-16(14)21(24)25/h5-6,9-12H,4,7-8H2,1-3H3. The molecule has 1 amide bonds. The van der Waals surface area contributed by atoms with Crippen molar-refractivity contribution in [2.24, 2.45) is 0 Å². The van der Waals surface area contributed by atoms with Gasteiger partial charge in [-0.1, -0.05) is 13.0 Å². The van der Waals surface area contributed by atoms with Crippen molar-refractivity contribution in [1.82, 2.24) is 10.2 Å². The van der Waals surface area contributed by atoms with Gasteiger partial charge in [-0.2, -0.15) is 10.2 Å². The molecule has 3 aromatic rings. The van der Waals surface area contributed by atoms with Crippen LogP contribution in [-0.2, 0) is 12.8 Å². The summed E-state index contributed by atoms with van der Waals surface area (Å²) in [7, 11) is 3.26. The molecule has 0 atom stereocenters. The van der Waals surface area contributed by atoms with E-state index in [1.54, 1.807) is 31.4 Å². The van der Waals surface area contributed by atoms with Gasteiger partial charge in [0.1, 0.15) is 11.5 Å². The van der Waals surface area contributed by atoms with Crippen molar-refractivity contribution in [2.45, 2.75) is 19.8 Å². The molecule has 1 aliphatic heterocycles. The Morgan fingerprint density at radius 1 is 1.15 bits per heavy atom. The normalized spacial score (nSPS) is 13.6. The third-order valence-electron chi connectivity index (χ3n) is 5.09. The Labute approximate surface area is 157 Å². The highest BCUT2D eigenvalue weighted by molar-refractivity contribution is 6.12. The number of benzene rings is 2. The summed E-state index contributed by atoms with van der Waals surface area (Å²) in [5.41, 5.74) is 4.28. The molecule has 0 radical (unpaired) electrons. The van der Waals surface area contributed by atoms with Gasteiger partial charge in [-0.05, 0) is 48.2 Å². The van der Waals surface area contributed by atoms with Crippen molar-refractivity contribution in [3.8, 4) is 11.5 Å². The molecule has 0 N–H and O–H groups in total. The number of carbonyl (C=O) groups is 1. The van der Waals surface area contributed by atoms with Crippen LogP contribution in [0, 0.1) is 0 Å². The lowest BCUT2D eigenvalue weighted by Gasteiger charge is -2.29. The van der Waals surface area contributed by atoms with E-state index in [1.807, 2.05) is 24.3 Å². The summed E-state index contributed by atoms with van der Waals surface area (Å²) in [6.45, 7) is 2.66. The number of aryl methyl sites for hydroxylation is 1. The molecule has 0 unspecified atom stereocenters. The Bertz CT molecular complexity index is 1030. The van der Waals surface area contributed by atoms with Crippen molar-refractivity contribution < 1.29 is 14.3 Å². The van der Waals surface area contributed by atoms with Crippen LogP contribution in [0.5, 0.6) is 11.5 Å². The van der Waals surface area contributed by atoms with Gasteiger partial charge < -0.3 is 14.4 Å². The predicted molar refractivity (Wildman–Crippen MR) is 104 cm³/mol. The summed E-state index contributed by atoms with van der Waals surface area (Å²) in [5.74, 6) is 1.42. The van der Waals surface area contributed by atoms with Gasteiger partial charge >= 0.3 is 0 Å². The summed E-state index contributed by atoms with van der Waals surface area (Å²) in [4.78, 5) is 15.0. The topological polar surface area (TPSA) is 64.5 Å². The molecular weight excluding hydrogens is 342 g/mol. The van der Waals surface area contributed by atoms with Gasteiger partial charge in [-0.25, -0.2) is 0 Å². The number of ether oxygens (including phenoxy) is 2. The van der Waals surface area contributed by atoms with E-state index in [1.165, 1.54) is 0 Å². The van der Waals surface area contributed by atoms with E-state index in [-0.39, 0.29) is 5.91 Å². The number of fused-ring (bicyclic) bond motifs is 2. The molecule has 4 rings (SSSR count). The van der Waals surface area contributed by atoms with Gasteiger partial charge in [0.05, 0.1) is 31.6 Å². The molecule has 0 aliphatic carbocycles. The number of amides is 1. The first-order valence-electron chi connectivity index (χ1n) is 8.97. The molecule has 0 saturated heterocycles. The van der Waals surface area contributed by atoms with E-state index in [4.69, 9.17) is 9.47 Å². The molecule has 138 valence electrons. The van der Waals surface area contributed by atoms with E-state index in [0.717, 1.165) is 46.3 Å². The van der Waals surface area contributed by atoms with Crippen LogP contribution in [-0.4, -0.2) is 36.9 Å². The second-order valence-electron chi connectivity index (χ2n) is 6.49. The van der Waals surface area contributed by atoms with Gasteiger partial charge in [0.25, 0.3) is 5.91 Å². The van der Waals surface area contributed by atoms with E-state index >= 15 is 0 Å². The summed E-state index contributed by atoms with van der Waals surface area (Å²) in [6, 6.07) is 9.59. The second kappa shape index (κ2) is 6.87. The Kier molecular flexibility index (Phi) is 4.39. The number of methoxy groups -OCH3 is 2. The molecular formula is C21H21N3O3. The predicted octanol–water partition coefficient (Wildman–Crippen LogP) is 3.41. The van der Waals surface area contributed by atoms with E-state index in [2.05, 4.69) is 17.1 Å². The van der Waals surface area contributed by atoms with E-state index in [9.17, 15) is 4.79 Å². The van der Waals surface area contributed by atoms with Crippen molar-refractivity contribution >= 4 is 22.5 Å². The number of hydrogen-bond donors (Lipinski definition) is 0.